The molecule has 0 saturated heterocycles. The molecule has 0 radical (unpaired) electrons. The number of nitrogens with zero attached hydrogens (tertiary/aromatic N) is 1. The number of para-hydroxylation sites is 1. The highest BCUT2D eigenvalue weighted by Gasteiger charge is 2.19. The molecule has 19 heavy (non-hydrogen) atoms. The summed E-state index contributed by atoms with van der Waals surface area (Å²) in [6.07, 6.45) is 2.25. The Balaban J connectivity index is 1.96. The third kappa shape index (κ3) is 1.66. The Labute approximate surface area is 112 Å². The first kappa shape index (κ1) is 10.5. The molecule has 1 nitrogen and oxygen atoms in total. The van der Waals surface area contributed by atoms with Gasteiger partial charge in [-0.2, -0.15) is 4.58 Å². The summed E-state index contributed by atoms with van der Waals surface area (Å²) in [6, 6.07) is 23.6. The van der Waals surface area contributed by atoms with Crippen LogP contribution in [0.4, 0.5) is 5.69 Å². The van der Waals surface area contributed by atoms with Crippen molar-refractivity contribution in [2.75, 3.05) is 0 Å². The minimum absolute atomic E-state index is 0.943. The fraction of sp³-hybridized carbons (Fsp3) is 0.0556. The molecule has 0 atom stereocenters. The van der Waals surface area contributed by atoms with Crippen LogP contribution in [0.15, 0.2) is 66.7 Å². The molecule has 1 heteroatoms. The SMILES string of the molecule is C1=[N+](c2ccccc2)Cc2cccc3cccc1c23. The van der Waals surface area contributed by atoms with Gasteiger partial charge in [-0.15, -0.1) is 0 Å². The molecule has 0 fully saturated rings. The second-order valence-electron chi connectivity index (χ2n) is 4.96. The van der Waals surface area contributed by atoms with Crippen molar-refractivity contribution in [2.24, 2.45) is 0 Å². The van der Waals surface area contributed by atoms with E-state index in [1.54, 1.807) is 0 Å². The van der Waals surface area contributed by atoms with Gasteiger partial charge in [-0.05, 0) is 11.5 Å². The van der Waals surface area contributed by atoms with Crippen molar-refractivity contribution < 1.29 is 4.58 Å². The molecule has 1 heterocycles. The maximum Gasteiger partial charge on any atom is 0.205 e. The average Bonchev–Trinajstić information content (AvgIpc) is 2.49. The molecular formula is C18H14N+. The van der Waals surface area contributed by atoms with E-state index in [1.165, 1.54) is 27.6 Å². The molecule has 0 bridgehead atoms. The molecule has 0 saturated carbocycles. The highest BCUT2D eigenvalue weighted by atomic mass is 15.0. The molecule has 1 aliphatic heterocycles. The zero-order valence-corrected chi connectivity index (χ0v) is 10.6. The number of hydrogen-bond donors (Lipinski definition) is 0. The molecule has 0 aliphatic carbocycles. The van der Waals surface area contributed by atoms with Gasteiger partial charge in [-0.25, -0.2) is 0 Å². The second kappa shape index (κ2) is 4.06. The van der Waals surface area contributed by atoms with Crippen molar-refractivity contribution in [3.63, 3.8) is 0 Å². The van der Waals surface area contributed by atoms with Gasteiger partial charge in [0, 0.05) is 28.6 Å². The summed E-state index contributed by atoms with van der Waals surface area (Å²) in [6.45, 7) is 0.943. The molecule has 0 unspecified atom stereocenters. The molecule has 3 aromatic rings. The van der Waals surface area contributed by atoms with Crippen LogP contribution in [0.2, 0.25) is 0 Å². The summed E-state index contributed by atoms with van der Waals surface area (Å²) in [5.41, 5.74) is 3.96. The molecule has 0 spiro atoms. The van der Waals surface area contributed by atoms with Crippen LogP contribution >= 0.6 is 0 Å². The molecule has 3 aromatic carbocycles. The predicted molar refractivity (Wildman–Crippen MR) is 79.2 cm³/mol. The largest absolute Gasteiger partial charge is 0.205 e. The predicted octanol–water partition coefficient (Wildman–Crippen LogP) is 4.12. The molecule has 0 aromatic heterocycles. The van der Waals surface area contributed by atoms with Gasteiger partial charge in [0.15, 0.2) is 12.8 Å². The Morgan fingerprint density at radius 1 is 0.737 bits per heavy atom. The molecule has 1 aliphatic rings. The van der Waals surface area contributed by atoms with Crippen LogP contribution in [-0.2, 0) is 6.54 Å². The summed E-state index contributed by atoms with van der Waals surface area (Å²) in [7, 11) is 0. The summed E-state index contributed by atoms with van der Waals surface area (Å²) in [5.74, 6) is 0. The number of benzene rings is 3. The standard InChI is InChI=1S/C18H14N/c1-2-10-17(11-3-1)19-12-15-8-4-6-14-7-5-9-16(13-19)18(14)15/h1-12H,13H2/q+1. The Morgan fingerprint density at radius 2 is 1.53 bits per heavy atom. The van der Waals surface area contributed by atoms with Gasteiger partial charge in [0.25, 0.3) is 0 Å². The van der Waals surface area contributed by atoms with Crippen LogP contribution < -0.4 is 0 Å². The lowest BCUT2D eigenvalue weighted by atomic mass is 9.97. The van der Waals surface area contributed by atoms with E-state index in [1.807, 2.05) is 0 Å². The quantitative estimate of drug-likeness (QED) is 0.566. The summed E-state index contributed by atoms with van der Waals surface area (Å²) < 4.78 is 2.32. The van der Waals surface area contributed by atoms with E-state index < -0.39 is 0 Å². The zero-order chi connectivity index (χ0) is 12.7. The van der Waals surface area contributed by atoms with Gasteiger partial charge in [0.1, 0.15) is 0 Å². The van der Waals surface area contributed by atoms with E-state index in [4.69, 9.17) is 0 Å². The molecule has 90 valence electrons. The lowest BCUT2D eigenvalue weighted by molar-refractivity contribution is -0.453. The summed E-state index contributed by atoms with van der Waals surface area (Å²) in [5, 5.41) is 2.73. The van der Waals surface area contributed by atoms with Crippen molar-refractivity contribution in [1.29, 1.82) is 0 Å². The third-order valence-corrected chi connectivity index (χ3v) is 3.75. The first-order valence-corrected chi connectivity index (χ1v) is 6.59. The average molecular weight is 244 g/mol. The molecule has 0 N–H and O–H groups in total. The van der Waals surface area contributed by atoms with E-state index in [9.17, 15) is 0 Å². The Hall–Kier alpha value is -2.41. The Morgan fingerprint density at radius 3 is 2.37 bits per heavy atom. The second-order valence-corrected chi connectivity index (χ2v) is 4.96. The van der Waals surface area contributed by atoms with E-state index in [-0.39, 0.29) is 0 Å². The van der Waals surface area contributed by atoms with Crippen LogP contribution in [0.5, 0.6) is 0 Å². The van der Waals surface area contributed by atoms with Crippen molar-refractivity contribution in [2.45, 2.75) is 6.54 Å². The van der Waals surface area contributed by atoms with E-state index in [0.717, 1.165) is 6.54 Å². The van der Waals surface area contributed by atoms with Crippen molar-refractivity contribution in [3.05, 3.63) is 77.9 Å². The number of rotatable bonds is 1. The Bertz CT molecular complexity index is 780. The van der Waals surface area contributed by atoms with Crippen LogP contribution in [0, 0.1) is 0 Å². The molecular weight excluding hydrogens is 230 g/mol. The maximum atomic E-state index is 2.32. The number of hydrogen-bond acceptors (Lipinski definition) is 0. The molecule has 4 rings (SSSR count). The fourth-order valence-corrected chi connectivity index (χ4v) is 2.87. The monoisotopic (exact) mass is 244 g/mol. The van der Waals surface area contributed by atoms with Crippen LogP contribution in [0.25, 0.3) is 10.8 Å². The first-order chi connectivity index (χ1) is 9.42. The van der Waals surface area contributed by atoms with Crippen molar-refractivity contribution >= 4 is 22.7 Å². The highest BCUT2D eigenvalue weighted by Crippen LogP contribution is 2.27. The van der Waals surface area contributed by atoms with Gasteiger partial charge >= 0.3 is 0 Å². The molecule has 0 amide bonds. The van der Waals surface area contributed by atoms with Gasteiger partial charge in [0.05, 0.1) is 0 Å². The smallest absolute Gasteiger partial charge is 0.194 e. The highest BCUT2D eigenvalue weighted by molar-refractivity contribution is 6.01. The van der Waals surface area contributed by atoms with Crippen LogP contribution in [-0.4, -0.2) is 10.8 Å². The minimum atomic E-state index is 0.943. The van der Waals surface area contributed by atoms with E-state index >= 15 is 0 Å². The summed E-state index contributed by atoms with van der Waals surface area (Å²) in [4.78, 5) is 0. The Kier molecular flexibility index (Phi) is 2.25. The van der Waals surface area contributed by atoms with Gasteiger partial charge in [-0.3, -0.25) is 0 Å². The topological polar surface area (TPSA) is 3.01 Å². The minimum Gasteiger partial charge on any atom is -0.194 e. The maximum absolute atomic E-state index is 2.32. The normalized spacial score (nSPS) is 13.4. The van der Waals surface area contributed by atoms with E-state index in [2.05, 4.69) is 77.5 Å². The van der Waals surface area contributed by atoms with Crippen LogP contribution in [0.3, 0.4) is 0 Å². The van der Waals surface area contributed by atoms with Gasteiger partial charge in [0.2, 0.25) is 5.69 Å². The van der Waals surface area contributed by atoms with Crippen LogP contribution in [0.1, 0.15) is 11.1 Å². The van der Waals surface area contributed by atoms with Gasteiger partial charge in [-0.1, -0.05) is 48.5 Å². The van der Waals surface area contributed by atoms with Crippen molar-refractivity contribution in [1.82, 2.24) is 0 Å². The van der Waals surface area contributed by atoms with Crippen molar-refractivity contribution in [3.8, 4) is 0 Å². The fourth-order valence-electron chi connectivity index (χ4n) is 2.87. The zero-order valence-electron chi connectivity index (χ0n) is 10.6. The first-order valence-electron chi connectivity index (χ1n) is 6.59. The lowest BCUT2D eigenvalue weighted by Crippen LogP contribution is -2.13. The summed E-state index contributed by atoms with van der Waals surface area (Å²) >= 11 is 0. The van der Waals surface area contributed by atoms with E-state index in [0.29, 0.717) is 0 Å². The third-order valence-electron chi connectivity index (χ3n) is 3.75. The van der Waals surface area contributed by atoms with Gasteiger partial charge < -0.3 is 0 Å². The lowest BCUT2D eigenvalue weighted by Gasteiger charge is -2.13.